The fraction of sp³-hybridized carbons (Fsp3) is 0.167. The SMILES string of the molecule is CC(Oc1nnc(-c2cc[nH]c(=O)c2)n1C)c1noc(-c2cccc(Cl)c2)n1. The van der Waals surface area contributed by atoms with Crippen molar-refractivity contribution in [1.29, 1.82) is 0 Å². The fourth-order valence-corrected chi connectivity index (χ4v) is 2.79. The van der Waals surface area contributed by atoms with E-state index in [2.05, 4.69) is 25.3 Å². The molecule has 1 unspecified atom stereocenters. The largest absolute Gasteiger partial charge is 0.452 e. The van der Waals surface area contributed by atoms with Crippen molar-refractivity contribution in [2.75, 3.05) is 0 Å². The second kappa shape index (κ2) is 7.28. The first-order chi connectivity index (χ1) is 13.5. The van der Waals surface area contributed by atoms with Crippen LogP contribution in [0.15, 0.2) is 51.9 Å². The number of nitrogens with zero attached hydrogens (tertiary/aromatic N) is 5. The highest BCUT2D eigenvalue weighted by atomic mass is 35.5. The van der Waals surface area contributed by atoms with Crippen LogP contribution in [-0.2, 0) is 7.05 Å². The van der Waals surface area contributed by atoms with Crippen LogP contribution in [0.4, 0.5) is 0 Å². The van der Waals surface area contributed by atoms with Gasteiger partial charge in [0.05, 0.1) is 0 Å². The second-order valence-electron chi connectivity index (χ2n) is 6.03. The minimum Gasteiger partial charge on any atom is -0.452 e. The molecule has 1 atom stereocenters. The monoisotopic (exact) mass is 398 g/mol. The Hall–Kier alpha value is -3.46. The highest BCUT2D eigenvalue weighted by Crippen LogP contribution is 2.25. The van der Waals surface area contributed by atoms with Crippen molar-refractivity contribution >= 4 is 11.6 Å². The van der Waals surface area contributed by atoms with Gasteiger partial charge in [-0.1, -0.05) is 27.9 Å². The summed E-state index contributed by atoms with van der Waals surface area (Å²) in [5, 5.41) is 12.7. The molecule has 0 bridgehead atoms. The molecule has 142 valence electrons. The van der Waals surface area contributed by atoms with E-state index < -0.39 is 6.10 Å². The van der Waals surface area contributed by atoms with Crippen molar-refractivity contribution in [3.05, 3.63) is 63.8 Å². The van der Waals surface area contributed by atoms with Crippen LogP contribution >= 0.6 is 11.6 Å². The maximum absolute atomic E-state index is 11.5. The quantitative estimate of drug-likeness (QED) is 0.549. The Balaban J connectivity index is 1.55. The smallest absolute Gasteiger partial charge is 0.317 e. The molecule has 10 heteroatoms. The Kier molecular flexibility index (Phi) is 4.66. The minimum atomic E-state index is -0.536. The number of hydrogen-bond donors (Lipinski definition) is 1. The Morgan fingerprint density at radius 2 is 2.07 bits per heavy atom. The third-order valence-corrected chi connectivity index (χ3v) is 4.26. The van der Waals surface area contributed by atoms with Crippen LogP contribution < -0.4 is 10.3 Å². The van der Waals surface area contributed by atoms with E-state index in [-0.39, 0.29) is 11.6 Å². The average molecular weight is 399 g/mol. The number of benzene rings is 1. The van der Waals surface area contributed by atoms with Gasteiger partial charge >= 0.3 is 6.01 Å². The van der Waals surface area contributed by atoms with Gasteiger partial charge in [-0.2, -0.15) is 4.98 Å². The highest BCUT2D eigenvalue weighted by molar-refractivity contribution is 6.30. The Bertz CT molecular complexity index is 1180. The summed E-state index contributed by atoms with van der Waals surface area (Å²) in [6, 6.07) is 10.6. The molecule has 4 rings (SSSR count). The Morgan fingerprint density at radius 3 is 2.86 bits per heavy atom. The predicted molar refractivity (Wildman–Crippen MR) is 101 cm³/mol. The van der Waals surface area contributed by atoms with Gasteiger partial charge in [-0.15, -0.1) is 5.10 Å². The van der Waals surface area contributed by atoms with Crippen molar-refractivity contribution in [2.24, 2.45) is 7.05 Å². The summed E-state index contributed by atoms with van der Waals surface area (Å²) < 4.78 is 12.8. The average Bonchev–Trinajstić information content (AvgIpc) is 3.30. The number of H-pyrrole nitrogens is 1. The van der Waals surface area contributed by atoms with Gasteiger partial charge in [0.1, 0.15) is 0 Å². The van der Waals surface area contributed by atoms with Crippen molar-refractivity contribution < 1.29 is 9.26 Å². The van der Waals surface area contributed by atoms with Crippen LogP contribution in [0, 0.1) is 0 Å². The van der Waals surface area contributed by atoms with Gasteiger partial charge in [-0.25, -0.2) is 0 Å². The van der Waals surface area contributed by atoms with E-state index in [1.165, 1.54) is 6.07 Å². The maximum Gasteiger partial charge on any atom is 0.317 e. The zero-order chi connectivity index (χ0) is 19.7. The first-order valence-electron chi connectivity index (χ1n) is 8.36. The zero-order valence-electron chi connectivity index (χ0n) is 15.0. The molecule has 0 amide bonds. The third kappa shape index (κ3) is 3.52. The summed E-state index contributed by atoms with van der Waals surface area (Å²) in [5.41, 5.74) is 1.12. The lowest BCUT2D eigenvalue weighted by atomic mass is 10.2. The molecular formula is C18H15ClN6O3. The normalized spacial score (nSPS) is 12.1. The van der Waals surface area contributed by atoms with E-state index >= 15 is 0 Å². The van der Waals surface area contributed by atoms with Crippen LogP contribution in [0.2, 0.25) is 5.02 Å². The Morgan fingerprint density at radius 1 is 1.21 bits per heavy atom. The summed E-state index contributed by atoms with van der Waals surface area (Å²) in [6.07, 6.45) is 1.01. The van der Waals surface area contributed by atoms with Gasteiger partial charge in [0.2, 0.25) is 11.4 Å². The molecular weight excluding hydrogens is 384 g/mol. The molecule has 1 N–H and O–H groups in total. The van der Waals surface area contributed by atoms with Crippen molar-refractivity contribution in [1.82, 2.24) is 29.9 Å². The lowest BCUT2D eigenvalue weighted by Crippen LogP contribution is -2.09. The van der Waals surface area contributed by atoms with Gasteiger partial charge in [-0.3, -0.25) is 9.36 Å². The highest BCUT2D eigenvalue weighted by Gasteiger charge is 2.20. The fourth-order valence-electron chi connectivity index (χ4n) is 2.60. The van der Waals surface area contributed by atoms with Crippen LogP contribution in [0.5, 0.6) is 6.01 Å². The number of nitrogens with one attached hydrogen (secondary N) is 1. The minimum absolute atomic E-state index is 0.225. The molecule has 0 saturated carbocycles. The van der Waals surface area contributed by atoms with E-state index in [1.807, 2.05) is 6.07 Å². The number of aromatic amines is 1. The topological polar surface area (TPSA) is 112 Å². The second-order valence-corrected chi connectivity index (χ2v) is 6.47. The zero-order valence-corrected chi connectivity index (χ0v) is 15.7. The van der Waals surface area contributed by atoms with E-state index in [9.17, 15) is 4.79 Å². The molecule has 0 radical (unpaired) electrons. The van der Waals surface area contributed by atoms with Gasteiger partial charge in [0.15, 0.2) is 11.9 Å². The van der Waals surface area contributed by atoms with Crippen LogP contribution in [-0.4, -0.2) is 29.9 Å². The molecule has 3 aromatic heterocycles. The molecule has 0 spiro atoms. The Labute approximate surface area is 164 Å². The van der Waals surface area contributed by atoms with E-state index in [1.54, 1.807) is 49.0 Å². The third-order valence-electron chi connectivity index (χ3n) is 4.03. The summed E-state index contributed by atoms with van der Waals surface area (Å²) in [7, 11) is 1.74. The molecule has 4 aromatic rings. The number of pyridine rings is 1. The predicted octanol–water partition coefficient (Wildman–Crippen LogP) is 3.01. The molecule has 0 aliphatic carbocycles. The molecule has 0 fully saturated rings. The molecule has 28 heavy (non-hydrogen) atoms. The first-order valence-corrected chi connectivity index (χ1v) is 8.74. The molecule has 0 aliphatic rings. The molecule has 3 heterocycles. The number of aromatic nitrogens is 6. The molecule has 9 nitrogen and oxygen atoms in total. The standard InChI is InChI=1S/C18H15ClN6O3/c1-10(15-21-17(28-24-15)12-4-3-5-13(19)8-12)27-18-23-22-16(25(18)2)11-6-7-20-14(26)9-11/h3-10H,1-2H3,(H,20,26). The van der Waals surface area contributed by atoms with Crippen LogP contribution in [0.1, 0.15) is 18.9 Å². The summed E-state index contributed by atoms with van der Waals surface area (Å²) in [5.74, 6) is 1.20. The summed E-state index contributed by atoms with van der Waals surface area (Å²) in [4.78, 5) is 18.4. The van der Waals surface area contributed by atoms with E-state index in [0.29, 0.717) is 33.7 Å². The van der Waals surface area contributed by atoms with Crippen LogP contribution in [0.25, 0.3) is 22.8 Å². The van der Waals surface area contributed by atoms with Crippen molar-refractivity contribution in [3.8, 4) is 28.9 Å². The molecule has 0 saturated heterocycles. The summed E-state index contributed by atoms with van der Waals surface area (Å²) in [6.45, 7) is 1.77. The summed E-state index contributed by atoms with van der Waals surface area (Å²) >= 11 is 6.00. The van der Waals surface area contributed by atoms with E-state index in [4.69, 9.17) is 20.9 Å². The van der Waals surface area contributed by atoms with Crippen molar-refractivity contribution in [2.45, 2.75) is 13.0 Å². The lowest BCUT2D eigenvalue weighted by Gasteiger charge is -2.10. The van der Waals surface area contributed by atoms with Gasteiger partial charge < -0.3 is 14.2 Å². The van der Waals surface area contributed by atoms with Crippen LogP contribution in [0.3, 0.4) is 0 Å². The van der Waals surface area contributed by atoms with Crippen molar-refractivity contribution in [3.63, 3.8) is 0 Å². The van der Waals surface area contributed by atoms with Gasteiger partial charge in [-0.05, 0) is 31.2 Å². The van der Waals surface area contributed by atoms with Gasteiger partial charge in [0, 0.05) is 35.5 Å². The first kappa shape index (κ1) is 17.9. The number of ether oxygens (including phenoxy) is 1. The maximum atomic E-state index is 11.5. The van der Waals surface area contributed by atoms with E-state index in [0.717, 1.165) is 0 Å². The number of rotatable bonds is 5. The lowest BCUT2D eigenvalue weighted by molar-refractivity contribution is 0.186. The van der Waals surface area contributed by atoms with Gasteiger partial charge in [0.25, 0.3) is 5.89 Å². The number of halogens is 1. The molecule has 0 aliphatic heterocycles. The molecule has 1 aromatic carbocycles. The number of hydrogen-bond acceptors (Lipinski definition) is 7.